The van der Waals surface area contributed by atoms with Crippen LogP contribution in [-0.2, 0) is 7.05 Å². The van der Waals surface area contributed by atoms with E-state index in [1.54, 1.807) is 6.20 Å². The molecule has 0 aliphatic rings. The maximum Gasteiger partial charge on any atom is 0.177 e. The Morgan fingerprint density at radius 1 is 1.33 bits per heavy atom. The number of fused-ring (bicyclic) bond motifs is 1. The van der Waals surface area contributed by atoms with Crippen molar-refractivity contribution in [2.45, 2.75) is 45.1 Å². The Hall–Kier alpha value is -1.42. The van der Waals surface area contributed by atoms with Gasteiger partial charge in [0.1, 0.15) is 5.82 Å². The van der Waals surface area contributed by atoms with E-state index in [1.165, 1.54) is 0 Å². The van der Waals surface area contributed by atoms with E-state index in [1.807, 2.05) is 6.07 Å². The van der Waals surface area contributed by atoms with Gasteiger partial charge >= 0.3 is 0 Å². The van der Waals surface area contributed by atoms with Gasteiger partial charge in [-0.15, -0.1) is 0 Å². The number of aromatic nitrogens is 3. The van der Waals surface area contributed by atoms with E-state index in [0.717, 1.165) is 36.3 Å². The summed E-state index contributed by atoms with van der Waals surface area (Å²) >= 11 is 0. The van der Waals surface area contributed by atoms with Gasteiger partial charge in [0.15, 0.2) is 5.65 Å². The number of imidazole rings is 1. The van der Waals surface area contributed by atoms with Gasteiger partial charge in [-0.25, -0.2) is 9.97 Å². The van der Waals surface area contributed by atoms with Crippen LogP contribution in [0.15, 0.2) is 18.3 Å². The summed E-state index contributed by atoms with van der Waals surface area (Å²) in [5.41, 5.74) is 7.72. The van der Waals surface area contributed by atoms with Gasteiger partial charge in [-0.3, -0.25) is 0 Å². The van der Waals surface area contributed by atoms with E-state index < -0.39 is 0 Å². The highest BCUT2D eigenvalue weighted by atomic mass is 15.1. The third-order valence-corrected chi connectivity index (χ3v) is 3.43. The molecule has 2 rings (SSSR count). The predicted molar refractivity (Wildman–Crippen MR) is 74.4 cm³/mol. The summed E-state index contributed by atoms with van der Waals surface area (Å²) in [5, 5.41) is 0. The third-order valence-electron chi connectivity index (χ3n) is 3.43. The fourth-order valence-electron chi connectivity index (χ4n) is 2.36. The van der Waals surface area contributed by atoms with Gasteiger partial charge in [-0.05, 0) is 31.9 Å². The zero-order chi connectivity index (χ0) is 13.1. The van der Waals surface area contributed by atoms with Crippen LogP contribution in [0, 0.1) is 0 Å². The molecule has 2 unspecified atom stereocenters. The first-order chi connectivity index (χ1) is 8.59. The number of aryl methyl sites for hydroxylation is 1. The van der Waals surface area contributed by atoms with Gasteiger partial charge in [0.05, 0.1) is 5.52 Å². The van der Waals surface area contributed by atoms with Gasteiger partial charge in [0.25, 0.3) is 0 Å². The Morgan fingerprint density at radius 2 is 2.11 bits per heavy atom. The molecule has 0 fully saturated rings. The summed E-state index contributed by atoms with van der Waals surface area (Å²) in [4.78, 5) is 8.93. The minimum absolute atomic E-state index is 0.291. The van der Waals surface area contributed by atoms with Crippen molar-refractivity contribution in [1.82, 2.24) is 14.5 Å². The fraction of sp³-hybridized carbons (Fsp3) is 0.571. The van der Waals surface area contributed by atoms with Crippen LogP contribution in [0.2, 0.25) is 0 Å². The third kappa shape index (κ3) is 2.70. The molecule has 0 amide bonds. The van der Waals surface area contributed by atoms with Crippen molar-refractivity contribution in [2.75, 3.05) is 0 Å². The van der Waals surface area contributed by atoms with Crippen molar-refractivity contribution in [2.24, 2.45) is 12.8 Å². The molecular formula is C14H22N4. The van der Waals surface area contributed by atoms with Crippen LogP contribution in [0.25, 0.3) is 11.2 Å². The molecule has 2 N–H and O–H groups in total. The SMILES string of the molecule is CC(N)CCCC(C)c1nc2ncccc2n1C. The molecule has 2 aromatic rings. The fourth-order valence-corrected chi connectivity index (χ4v) is 2.36. The Morgan fingerprint density at radius 3 is 2.78 bits per heavy atom. The largest absolute Gasteiger partial charge is 0.330 e. The second-order valence-electron chi connectivity index (χ2n) is 5.18. The standard InChI is InChI=1S/C14H22N4/c1-10(6-4-7-11(2)15)14-17-13-12(18(14)3)8-5-9-16-13/h5,8-11H,4,6-7,15H2,1-3H3. The van der Waals surface area contributed by atoms with Gasteiger partial charge < -0.3 is 10.3 Å². The Labute approximate surface area is 108 Å². The lowest BCUT2D eigenvalue weighted by molar-refractivity contribution is 0.535. The molecule has 0 bridgehead atoms. The number of hydrogen-bond acceptors (Lipinski definition) is 3. The quantitative estimate of drug-likeness (QED) is 0.882. The van der Waals surface area contributed by atoms with E-state index in [4.69, 9.17) is 5.73 Å². The molecule has 2 atom stereocenters. The molecule has 0 radical (unpaired) electrons. The van der Waals surface area contributed by atoms with Crippen molar-refractivity contribution < 1.29 is 0 Å². The highest BCUT2D eigenvalue weighted by Gasteiger charge is 2.14. The van der Waals surface area contributed by atoms with Crippen molar-refractivity contribution in [3.63, 3.8) is 0 Å². The Balaban J connectivity index is 2.12. The smallest absolute Gasteiger partial charge is 0.177 e. The monoisotopic (exact) mass is 246 g/mol. The molecule has 4 nitrogen and oxygen atoms in total. The van der Waals surface area contributed by atoms with Crippen LogP contribution in [-0.4, -0.2) is 20.6 Å². The van der Waals surface area contributed by atoms with Gasteiger partial charge in [-0.1, -0.05) is 13.3 Å². The lowest BCUT2D eigenvalue weighted by atomic mass is 10.0. The highest BCUT2D eigenvalue weighted by molar-refractivity contribution is 5.71. The van der Waals surface area contributed by atoms with E-state index in [2.05, 4.69) is 41.5 Å². The second-order valence-corrected chi connectivity index (χ2v) is 5.18. The minimum Gasteiger partial charge on any atom is -0.330 e. The normalized spacial score (nSPS) is 14.9. The van der Waals surface area contributed by atoms with Crippen LogP contribution in [0.3, 0.4) is 0 Å². The lowest BCUT2D eigenvalue weighted by Gasteiger charge is -2.12. The minimum atomic E-state index is 0.291. The molecule has 0 aliphatic carbocycles. The summed E-state index contributed by atoms with van der Waals surface area (Å²) in [5.74, 6) is 1.57. The first kappa shape index (κ1) is 13.0. The number of pyridine rings is 1. The van der Waals surface area contributed by atoms with Crippen molar-refractivity contribution in [1.29, 1.82) is 0 Å². The molecule has 0 spiro atoms. The average Bonchev–Trinajstić information content (AvgIpc) is 2.67. The molecule has 0 aromatic carbocycles. The molecule has 0 saturated heterocycles. The molecule has 18 heavy (non-hydrogen) atoms. The van der Waals surface area contributed by atoms with Crippen LogP contribution in [0.1, 0.15) is 44.9 Å². The van der Waals surface area contributed by atoms with Crippen LogP contribution >= 0.6 is 0 Å². The zero-order valence-corrected chi connectivity index (χ0v) is 11.4. The summed E-state index contributed by atoms with van der Waals surface area (Å²) < 4.78 is 2.15. The molecule has 2 heterocycles. The van der Waals surface area contributed by atoms with E-state index in [0.29, 0.717) is 12.0 Å². The number of rotatable bonds is 5. The van der Waals surface area contributed by atoms with Gasteiger partial charge in [-0.2, -0.15) is 0 Å². The molecule has 0 saturated carbocycles. The van der Waals surface area contributed by atoms with Crippen molar-refractivity contribution in [3.05, 3.63) is 24.2 Å². The predicted octanol–water partition coefficient (Wildman–Crippen LogP) is 2.59. The summed E-state index contributed by atoms with van der Waals surface area (Å²) in [6.07, 6.45) is 5.14. The number of hydrogen-bond donors (Lipinski definition) is 1. The summed E-state index contributed by atoms with van der Waals surface area (Å²) in [6.45, 7) is 4.28. The summed E-state index contributed by atoms with van der Waals surface area (Å²) in [7, 11) is 2.06. The van der Waals surface area contributed by atoms with Crippen LogP contribution < -0.4 is 5.73 Å². The first-order valence-corrected chi connectivity index (χ1v) is 6.62. The zero-order valence-electron chi connectivity index (χ0n) is 11.4. The maximum absolute atomic E-state index is 5.78. The highest BCUT2D eigenvalue weighted by Crippen LogP contribution is 2.23. The number of nitrogens with two attached hydrogens (primary N) is 1. The molecule has 0 aliphatic heterocycles. The average molecular weight is 246 g/mol. The van der Waals surface area contributed by atoms with Crippen LogP contribution in [0.5, 0.6) is 0 Å². The van der Waals surface area contributed by atoms with Gasteiger partial charge in [0, 0.05) is 25.2 Å². The molecule has 98 valence electrons. The Bertz CT molecular complexity index is 515. The summed E-state index contributed by atoms with van der Waals surface area (Å²) in [6, 6.07) is 4.31. The maximum atomic E-state index is 5.78. The van der Waals surface area contributed by atoms with Crippen LogP contribution in [0.4, 0.5) is 0 Å². The first-order valence-electron chi connectivity index (χ1n) is 6.62. The second kappa shape index (κ2) is 5.48. The van der Waals surface area contributed by atoms with Gasteiger partial charge in [0.2, 0.25) is 0 Å². The molecular weight excluding hydrogens is 224 g/mol. The van der Waals surface area contributed by atoms with Crippen molar-refractivity contribution >= 4 is 11.2 Å². The van der Waals surface area contributed by atoms with Crippen molar-refractivity contribution in [3.8, 4) is 0 Å². The van der Waals surface area contributed by atoms with E-state index in [9.17, 15) is 0 Å². The van der Waals surface area contributed by atoms with E-state index >= 15 is 0 Å². The lowest BCUT2D eigenvalue weighted by Crippen LogP contribution is -2.14. The number of nitrogens with zero attached hydrogens (tertiary/aromatic N) is 3. The molecule has 4 heteroatoms. The van der Waals surface area contributed by atoms with E-state index in [-0.39, 0.29) is 0 Å². The Kier molecular flexibility index (Phi) is 3.97. The topological polar surface area (TPSA) is 56.7 Å². The molecule has 2 aromatic heterocycles.